The Labute approximate surface area is 122 Å². The highest BCUT2D eigenvalue weighted by Crippen LogP contribution is 2.32. The molecule has 1 aromatic carbocycles. The second kappa shape index (κ2) is 5.44. The fourth-order valence-corrected chi connectivity index (χ4v) is 2.49. The van der Waals surface area contributed by atoms with E-state index >= 15 is 0 Å². The summed E-state index contributed by atoms with van der Waals surface area (Å²) in [4.78, 5) is 23.3. The third-order valence-electron chi connectivity index (χ3n) is 3.85. The van der Waals surface area contributed by atoms with Crippen molar-refractivity contribution in [3.05, 3.63) is 53.9 Å². The highest BCUT2D eigenvalue weighted by Gasteiger charge is 2.23. The maximum Gasteiger partial charge on any atom is 0.335 e. The first-order chi connectivity index (χ1) is 10.1. The molecular formula is C16H16N2O3. The Morgan fingerprint density at radius 2 is 2.00 bits per heavy atom. The molecule has 1 saturated carbocycles. The van der Waals surface area contributed by atoms with Gasteiger partial charge < -0.3 is 15.0 Å². The number of benzene rings is 1. The standard InChI is InChI=1S/C16H16N2O3/c19-15(14-8-3-9-18(14)13-6-2-7-13)17-12-5-1-4-11(10-12)16(20)21/h1,3-5,8-10,13H,2,6-7H2,(H,17,19)(H,20,21). The lowest BCUT2D eigenvalue weighted by molar-refractivity contribution is 0.0696. The van der Waals surface area contributed by atoms with Gasteiger partial charge in [0.1, 0.15) is 5.69 Å². The molecule has 1 amide bonds. The summed E-state index contributed by atoms with van der Waals surface area (Å²) in [5.41, 5.74) is 1.25. The van der Waals surface area contributed by atoms with Gasteiger partial charge >= 0.3 is 5.97 Å². The zero-order chi connectivity index (χ0) is 14.8. The van der Waals surface area contributed by atoms with Crippen molar-refractivity contribution in [2.75, 3.05) is 5.32 Å². The Balaban J connectivity index is 1.79. The molecule has 5 nitrogen and oxygen atoms in total. The van der Waals surface area contributed by atoms with Gasteiger partial charge in [-0.1, -0.05) is 6.07 Å². The molecule has 0 spiro atoms. The van der Waals surface area contributed by atoms with Crippen LogP contribution in [0.25, 0.3) is 0 Å². The van der Waals surface area contributed by atoms with Crippen LogP contribution in [0, 0.1) is 0 Å². The number of nitrogens with zero attached hydrogens (tertiary/aromatic N) is 1. The van der Waals surface area contributed by atoms with Gasteiger partial charge in [-0.05, 0) is 49.6 Å². The zero-order valence-corrected chi connectivity index (χ0v) is 11.5. The molecule has 2 N–H and O–H groups in total. The average molecular weight is 284 g/mol. The summed E-state index contributed by atoms with van der Waals surface area (Å²) in [5, 5.41) is 11.7. The Morgan fingerprint density at radius 3 is 2.67 bits per heavy atom. The number of carboxylic acid groups (broad SMARTS) is 1. The number of aromatic carboxylic acids is 1. The van der Waals surface area contributed by atoms with Crippen LogP contribution >= 0.6 is 0 Å². The number of anilines is 1. The van der Waals surface area contributed by atoms with Crippen molar-refractivity contribution in [3.63, 3.8) is 0 Å². The molecule has 1 heterocycles. The number of aromatic nitrogens is 1. The topological polar surface area (TPSA) is 71.3 Å². The molecule has 3 rings (SSSR count). The summed E-state index contributed by atoms with van der Waals surface area (Å²) in [6.45, 7) is 0. The quantitative estimate of drug-likeness (QED) is 0.905. The van der Waals surface area contributed by atoms with E-state index in [0.29, 0.717) is 17.4 Å². The lowest BCUT2D eigenvalue weighted by Gasteiger charge is -2.28. The Hall–Kier alpha value is -2.56. The number of rotatable bonds is 4. The third-order valence-corrected chi connectivity index (χ3v) is 3.85. The lowest BCUT2D eigenvalue weighted by atomic mass is 9.93. The van der Waals surface area contributed by atoms with Crippen LogP contribution in [0.3, 0.4) is 0 Å². The second-order valence-electron chi connectivity index (χ2n) is 5.23. The summed E-state index contributed by atoms with van der Waals surface area (Å²) in [6, 6.07) is 10.3. The van der Waals surface area contributed by atoms with Crippen LogP contribution < -0.4 is 5.32 Å². The number of amides is 1. The fraction of sp³-hybridized carbons (Fsp3) is 0.250. The molecule has 5 heteroatoms. The van der Waals surface area contributed by atoms with Crippen LogP contribution in [0.1, 0.15) is 46.2 Å². The van der Waals surface area contributed by atoms with Gasteiger partial charge in [0.05, 0.1) is 5.56 Å². The predicted molar refractivity (Wildman–Crippen MR) is 78.7 cm³/mol. The van der Waals surface area contributed by atoms with Crippen molar-refractivity contribution < 1.29 is 14.7 Å². The van der Waals surface area contributed by atoms with E-state index in [1.807, 2.05) is 16.8 Å². The minimum absolute atomic E-state index is 0.155. The first-order valence-corrected chi connectivity index (χ1v) is 6.97. The molecule has 1 aromatic heterocycles. The summed E-state index contributed by atoms with van der Waals surface area (Å²) >= 11 is 0. The smallest absolute Gasteiger partial charge is 0.335 e. The van der Waals surface area contributed by atoms with Crippen molar-refractivity contribution in [1.82, 2.24) is 4.57 Å². The van der Waals surface area contributed by atoms with Crippen LogP contribution in [0.5, 0.6) is 0 Å². The summed E-state index contributed by atoms with van der Waals surface area (Å²) in [5.74, 6) is -1.22. The van der Waals surface area contributed by atoms with E-state index in [1.165, 1.54) is 18.6 Å². The normalized spacial score (nSPS) is 14.5. The monoisotopic (exact) mass is 284 g/mol. The van der Waals surface area contributed by atoms with E-state index in [9.17, 15) is 9.59 Å². The van der Waals surface area contributed by atoms with E-state index in [4.69, 9.17) is 5.11 Å². The molecule has 0 atom stereocenters. The van der Waals surface area contributed by atoms with Crippen molar-refractivity contribution in [2.45, 2.75) is 25.3 Å². The highest BCUT2D eigenvalue weighted by atomic mass is 16.4. The van der Waals surface area contributed by atoms with Gasteiger partial charge in [-0.3, -0.25) is 4.79 Å². The van der Waals surface area contributed by atoms with Gasteiger partial charge in [0.2, 0.25) is 0 Å². The first-order valence-electron chi connectivity index (χ1n) is 6.97. The van der Waals surface area contributed by atoms with E-state index in [0.717, 1.165) is 12.8 Å². The molecule has 1 fully saturated rings. The Kier molecular flexibility index (Phi) is 3.48. The largest absolute Gasteiger partial charge is 0.478 e. The maximum absolute atomic E-state index is 12.3. The molecule has 1 aliphatic carbocycles. The average Bonchev–Trinajstić information content (AvgIpc) is 2.86. The van der Waals surface area contributed by atoms with Crippen LogP contribution in [-0.2, 0) is 0 Å². The minimum Gasteiger partial charge on any atom is -0.478 e. The van der Waals surface area contributed by atoms with E-state index < -0.39 is 5.97 Å². The molecule has 0 bridgehead atoms. The van der Waals surface area contributed by atoms with Crippen molar-refractivity contribution in [3.8, 4) is 0 Å². The van der Waals surface area contributed by atoms with E-state index in [1.54, 1.807) is 18.2 Å². The minimum atomic E-state index is -1.01. The molecule has 108 valence electrons. The fourth-order valence-electron chi connectivity index (χ4n) is 2.49. The Bertz CT molecular complexity index is 686. The van der Waals surface area contributed by atoms with Crippen molar-refractivity contribution >= 4 is 17.6 Å². The third kappa shape index (κ3) is 2.67. The van der Waals surface area contributed by atoms with Gasteiger partial charge in [0.25, 0.3) is 5.91 Å². The summed E-state index contributed by atoms with van der Waals surface area (Å²) in [7, 11) is 0. The predicted octanol–water partition coefficient (Wildman–Crippen LogP) is 3.16. The number of carboxylic acids is 1. The van der Waals surface area contributed by atoms with E-state index in [-0.39, 0.29) is 11.5 Å². The molecular weight excluding hydrogens is 268 g/mol. The second-order valence-corrected chi connectivity index (χ2v) is 5.23. The van der Waals surface area contributed by atoms with Gasteiger partial charge in [-0.25, -0.2) is 4.79 Å². The van der Waals surface area contributed by atoms with Gasteiger partial charge in [0, 0.05) is 17.9 Å². The van der Waals surface area contributed by atoms with Crippen molar-refractivity contribution in [2.24, 2.45) is 0 Å². The molecule has 1 aliphatic rings. The summed E-state index contributed by atoms with van der Waals surface area (Å²) in [6.07, 6.45) is 5.32. The number of hydrogen-bond donors (Lipinski definition) is 2. The summed E-state index contributed by atoms with van der Waals surface area (Å²) < 4.78 is 2.00. The first kappa shape index (κ1) is 13.4. The number of carbonyl (C=O) groups excluding carboxylic acids is 1. The molecule has 0 radical (unpaired) electrons. The molecule has 0 aliphatic heterocycles. The van der Waals surface area contributed by atoms with E-state index in [2.05, 4.69) is 5.32 Å². The van der Waals surface area contributed by atoms with Crippen molar-refractivity contribution in [1.29, 1.82) is 0 Å². The van der Waals surface area contributed by atoms with Crippen LogP contribution in [0.4, 0.5) is 5.69 Å². The SMILES string of the molecule is O=C(O)c1cccc(NC(=O)c2cccn2C2CCC2)c1. The highest BCUT2D eigenvalue weighted by molar-refractivity contribution is 6.03. The van der Waals surface area contributed by atoms with Gasteiger partial charge in [-0.2, -0.15) is 0 Å². The molecule has 2 aromatic rings. The van der Waals surface area contributed by atoms with Crippen LogP contribution in [-0.4, -0.2) is 21.6 Å². The maximum atomic E-state index is 12.3. The Morgan fingerprint density at radius 1 is 1.19 bits per heavy atom. The number of hydrogen-bond acceptors (Lipinski definition) is 2. The van der Waals surface area contributed by atoms with Gasteiger partial charge in [-0.15, -0.1) is 0 Å². The van der Waals surface area contributed by atoms with Crippen LogP contribution in [0.15, 0.2) is 42.6 Å². The zero-order valence-electron chi connectivity index (χ0n) is 11.5. The van der Waals surface area contributed by atoms with Crippen LogP contribution in [0.2, 0.25) is 0 Å². The number of nitrogens with one attached hydrogen (secondary N) is 1. The number of carbonyl (C=O) groups is 2. The molecule has 21 heavy (non-hydrogen) atoms. The molecule has 0 unspecified atom stereocenters. The lowest BCUT2D eigenvalue weighted by Crippen LogP contribution is -2.23. The molecule has 0 saturated heterocycles. The van der Waals surface area contributed by atoms with Gasteiger partial charge in [0.15, 0.2) is 0 Å².